The normalized spacial score (nSPS) is 9.00. The number of halogens is 2. The second kappa shape index (κ2) is 25.4. The molecule has 4 nitrogen and oxygen atoms in total. The van der Waals surface area contributed by atoms with Gasteiger partial charge in [-0.25, -0.2) is 0 Å². The van der Waals surface area contributed by atoms with E-state index in [4.69, 9.17) is 0 Å². The molecule has 0 fully saturated rings. The molecule has 8 heteroatoms. The maximum Gasteiger partial charge on any atom is 0.0103 e. The Morgan fingerprint density at radius 3 is 0.550 bits per heavy atom. The molecule has 0 N–H and O–H groups in total. The quantitative estimate of drug-likeness (QED) is 0.582. The van der Waals surface area contributed by atoms with Crippen LogP contribution in [0.2, 0.25) is 0 Å². The van der Waals surface area contributed by atoms with Crippen LogP contribution in [0, 0.1) is 0 Å². The van der Waals surface area contributed by atoms with Crippen LogP contribution in [0.5, 0.6) is 0 Å². The van der Waals surface area contributed by atoms with Crippen molar-refractivity contribution in [2.75, 3.05) is 82.6 Å². The van der Waals surface area contributed by atoms with Gasteiger partial charge in [-0.05, 0) is 56.4 Å². The molecule has 20 heavy (non-hydrogen) atoms. The zero-order valence-electron chi connectivity index (χ0n) is 14.0. The Balaban J connectivity index is -0.0000000408. The van der Waals surface area contributed by atoms with E-state index in [1.165, 1.54) is 0 Å². The minimum absolute atomic E-state index is 0. The maximum absolute atomic E-state index is 2.18. The maximum atomic E-state index is 2.18. The molecule has 0 spiro atoms. The van der Waals surface area contributed by atoms with E-state index in [-0.39, 0.29) is 59.0 Å². The average Bonchev–Trinajstić information content (AvgIpc) is 2.12. The van der Waals surface area contributed by atoms with Crippen LogP contribution in [0.15, 0.2) is 0 Å². The van der Waals surface area contributed by atoms with Crippen molar-refractivity contribution < 1.29 is 34.1 Å². The predicted molar refractivity (Wildman–Crippen MR) is 88.7 cm³/mol. The summed E-state index contributed by atoms with van der Waals surface area (Å²) in [4.78, 5) is 8.72. The van der Waals surface area contributed by atoms with Crippen LogP contribution in [0.25, 0.3) is 0 Å². The van der Waals surface area contributed by atoms with E-state index >= 15 is 0 Å². The van der Waals surface area contributed by atoms with Crippen molar-refractivity contribution in [3.8, 4) is 0 Å². The number of nitrogens with zero attached hydrogens (tertiary/aromatic N) is 4. The van der Waals surface area contributed by atoms with Crippen LogP contribution in [-0.2, 0) is 34.1 Å². The van der Waals surface area contributed by atoms with Gasteiger partial charge in [0.25, 0.3) is 0 Å². The number of hydrogen-bond acceptors (Lipinski definition) is 4. The molecule has 0 aliphatic rings. The van der Waals surface area contributed by atoms with Gasteiger partial charge in [-0.1, -0.05) is 0 Å². The third kappa shape index (κ3) is 50.5. The molecule has 0 unspecified atom stereocenters. The molecule has 2 radical (unpaired) electrons. The average molecular weight is 432 g/mol. The molecule has 0 amide bonds. The molecular weight excluding hydrogens is 398 g/mol. The minimum atomic E-state index is 0. The van der Waals surface area contributed by atoms with Gasteiger partial charge in [-0.2, -0.15) is 0 Å². The topological polar surface area (TPSA) is 13.0 Å². The first-order chi connectivity index (χ1) is 7.25. The number of hydrogen-bond donors (Lipinski definition) is 0. The monoisotopic (exact) mass is 430 g/mol. The molecule has 0 bridgehead atoms. The summed E-state index contributed by atoms with van der Waals surface area (Å²) < 4.78 is 0. The minimum Gasteiger partial charge on any atom is -0.308 e. The van der Waals surface area contributed by atoms with Gasteiger partial charge < -0.3 is 19.6 Å². The molecule has 0 aromatic heterocycles. The molecule has 0 heterocycles. The predicted octanol–water partition coefficient (Wildman–Crippen LogP) is 1.06. The fourth-order valence-electron chi connectivity index (χ4n) is 0.800. The van der Waals surface area contributed by atoms with E-state index in [2.05, 4.69) is 76.0 Å². The van der Waals surface area contributed by atoms with Gasteiger partial charge in [0.15, 0.2) is 0 Å². The van der Waals surface area contributed by atoms with Gasteiger partial charge in [0.2, 0.25) is 0 Å². The Morgan fingerprint density at radius 1 is 0.400 bits per heavy atom. The van der Waals surface area contributed by atoms with Crippen LogP contribution in [-0.4, -0.2) is 102 Å². The van der Waals surface area contributed by atoms with Crippen LogP contribution in [0.4, 0.5) is 0 Å². The zero-order chi connectivity index (χ0) is 13.1. The van der Waals surface area contributed by atoms with Gasteiger partial charge in [-0.15, -0.1) is 24.8 Å². The van der Waals surface area contributed by atoms with E-state index in [1.807, 2.05) is 0 Å². The first kappa shape index (κ1) is 37.6. The van der Waals surface area contributed by atoms with Crippen molar-refractivity contribution in [1.29, 1.82) is 0 Å². The molecule has 0 saturated carbocycles. The summed E-state index contributed by atoms with van der Waals surface area (Å²) in [6.07, 6.45) is 0. The third-order valence-electron chi connectivity index (χ3n) is 1.99. The largest absolute Gasteiger partial charge is 0.308 e. The van der Waals surface area contributed by atoms with Gasteiger partial charge in [0, 0.05) is 60.3 Å². The fourth-order valence-corrected chi connectivity index (χ4v) is 0.800. The van der Waals surface area contributed by atoms with Crippen LogP contribution in [0.1, 0.15) is 0 Å². The second-order valence-corrected chi connectivity index (χ2v) is 5.21. The standard InChI is InChI=1S/2C6H16N2.2ClH.2Cu/c2*1-7(2)5-6-8(3)4;;;;/h2*5-6H2,1-4H3;2*1H;;. The van der Waals surface area contributed by atoms with Crippen LogP contribution >= 0.6 is 24.8 Å². The molecular formula is C12H34Cl2Cu2N4. The summed E-state index contributed by atoms with van der Waals surface area (Å²) in [5, 5.41) is 0. The van der Waals surface area contributed by atoms with Gasteiger partial charge in [-0.3, -0.25) is 0 Å². The summed E-state index contributed by atoms with van der Waals surface area (Å²) in [7, 11) is 16.7. The Labute approximate surface area is 160 Å². The van der Waals surface area contributed by atoms with Crippen molar-refractivity contribution >= 4 is 24.8 Å². The first-order valence-corrected chi connectivity index (χ1v) is 5.84. The van der Waals surface area contributed by atoms with Gasteiger partial charge >= 0.3 is 0 Å². The second-order valence-electron chi connectivity index (χ2n) is 5.21. The summed E-state index contributed by atoms with van der Waals surface area (Å²) in [5.74, 6) is 0. The summed E-state index contributed by atoms with van der Waals surface area (Å²) in [5.41, 5.74) is 0. The molecule has 0 aliphatic carbocycles. The molecule has 0 aliphatic heterocycles. The summed E-state index contributed by atoms with van der Waals surface area (Å²) >= 11 is 0. The molecule has 0 atom stereocenters. The van der Waals surface area contributed by atoms with E-state index in [0.717, 1.165) is 26.2 Å². The van der Waals surface area contributed by atoms with Crippen molar-refractivity contribution in [1.82, 2.24) is 19.6 Å². The SMILES string of the molecule is CN(C)CCN(C)C.CN(C)CCN(C)C.Cl.Cl.[Cu].[Cu]. The zero-order valence-corrected chi connectivity index (χ0v) is 17.6. The Kier molecular flexibility index (Phi) is 47.8. The van der Waals surface area contributed by atoms with E-state index < -0.39 is 0 Å². The number of likely N-dealkylation sites (N-methyl/N-ethyl adjacent to an activating group) is 4. The van der Waals surface area contributed by atoms with Crippen molar-refractivity contribution in [3.05, 3.63) is 0 Å². The third-order valence-corrected chi connectivity index (χ3v) is 1.99. The first-order valence-electron chi connectivity index (χ1n) is 5.84. The van der Waals surface area contributed by atoms with Gasteiger partial charge in [0.1, 0.15) is 0 Å². The van der Waals surface area contributed by atoms with E-state index in [0.29, 0.717) is 0 Å². The fraction of sp³-hybridized carbons (Fsp3) is 1.00. The molecule has 0 aromatic carbocycles. The summed E-state index contributed by atoms with van der Waals surface area (Å²) in [6, 6.07) is 0. The Hall–Kier alpha value is 1.46. The Morgan fingerprint density at radius 2 is 0.500 bits per heavy atom. The molecule has 0 aromatic rings. The van der Waals surface area contributed by atoms with Crippen molar-refractivity contribution in [3.63, 3.8) is 0 Å². The van der Waals surface area contributed by atoms with Crippen LogP contribution < -0.4 is 0 Å². The van der Waals surface area contributed by atoms with Crippen molar-refractivity contribution in [2.45, 2.75) is 0 Å². The van der Waals surface area contributed by atoms with Gasteiger partial charge in [0.05, 0.1) is 0 Å². The molecule has 0 saturated heterocycles. The Bertz CT molecular complexity index is 119. The van der Waals surface area contributed by atoms with E-state index in [1.54, 1.807) is 0 Å². The molecule has 0 rings (SSSR count). The molecule has 138 valence electrons. The smallest absolute Gasteiger partial charge is 0.0103 e. The van der Waals surface area contributed by atoms with Crippen LogP contribution in [0.3, 0.4) is 0 Å². The summed E-state index contributed by atoms with van der Waals surface area (Å²) in [6.45, 7) is 4.58. The van der Waals surface area contributed by atoms with E-state index in [9.17, 15) is 0 Å². The van der Waals surface area contributed by atoms with Crippen molar-refractivity contribution in [2.24, 2.45) is 0 Å². The number of rotatable bonds is 6.